The minimum absolute atomic E-state index is 0.165. The average molecular weight is 372 g/mol. The van der Waals surface area contributed by atoms with Crippen molar-refractivity contribution in [2.75, 3.05) is 17.7 Å². The van der Waals surface area contributed by atoms with Gasteiger partial charge in [0.15, 0.2) is 0 Å². The van der Waals surface area contributed by atoms with Gasteiger partial charge in [-0.3, -0.25) is 13.9 Å². The van der Waals surface area contributed by atoms with Gasteiger partial charge in [0.2, 0.25) is 0 Å². The number of allylic oxidation sites excluding steroid dienone is 1. The van der Waals surface area contributed by atoms with Gasteiger partial charge >= 0.3 is 11.7 Å². The third-order valence-electron chi connectivity index (χ3n) is 3.47. The third-order valence-corrected chi connectivity index (χ3v) is 4.91. The number of hydrogen-bond donors (Lipinski definition) is 1. The number of unbranched alkanes of at least 4 members (excludes halogenated alkanes) is 1. The van der Waals surface area contributed by atoms with Crippen LogP contribution in [0.4, 0.5) is 5.69 Å². The summed E-state index contributed by atoms with van der Waals surface area (Å²) in [6, 6.07) is 0. The van der Waals surface area contributed by atoms with Crippen LogP contribution in [-0.2, 0) is 23.6 Å². The van der Waals surface area contributed by atoms with Crippen LogP contribution in [0.5, 0.6) is 0 Å². The quantitative estimate of drug-likeness (QED) is 0.559. The number of hydrogen-bond acceptors (Lipinski definition) is 6. The summed E-state index contributed by atoms with van der Waals surface area (Å²) in [5.74, 6) is -0.0341. The molecule has 0 aliphatic carbocycles. The van der Waals surface area contributed by atoms with Crippen LogP contribution in [0, 0.1) is 11.6 Å². The second kappa shape index (κ2) is 9.68. The zero-order valence-electron chi connectivity index (χ0n) is 14.8. The Kier molecular flexibility index (Phi) is 8.27. The molecule has 0 saturated heterocycles. The van der Waals surface area contributed by atoms with Crippen molar-refractivity contribution in [3.8, 4) is 0 Å². The zero-order chi connectivity index (χ0) is 18.3. The number of carbonyl (C=O) groups is 1. The average Bonchev–Trinajstić information content (AvgIpc) is 2.57. The summed E-state index contributed by atoms with van der Waals surface area (Å²) in [7, 11) is 3.36. The monoisotopic (exact) mass is 371 g/mol. The maximum Gasteiger partial charge on any atom is 0.328 e. The molecule has 1 aromatic heterocycles. The van der Waals surface area contributed by atoms with Crippen molar-refractivity contribution < 1.29 is 9.53 Å². The lowest BCUT2D eigenvalue weighted by Gasteiger charge is -2.17. The van der Waals surface area contributed by atoms with E-state index in [4.69, 9.17) is 17.0 Å². The number of esters is 1. The van der Waals surface area contributed by atoms with E-state index >= 15 is 0 Å². The molecule has 134 valence electrons. The fraction of sp³-hybridized carbons (Fsp3) is 0.562. The number of anilines is 1. The highest BCUT2D eigenvalue weighted by Gasteiger charge is 2.12. The molecule has 6 nitrogen and oxygen atoms in total. The van der Waals surface area contributed by atoms with Gasteiger partial charge in [-0.1, -0.05) is 43.4 Å². The van der Waals surface area contributed by atoms with Gasteiger partial charge in [0, 0.05) is 19.8 Å². The molecule has 8 heteroatoms. The Morgan fingerprint density at radius 3 is 2.58 bits per heavy atom. The van der Waals surface area contributed by atoms with Crippen LogP contribution < -0.4 is 11.0 Å². The number of carbonyl (C=O) groups excluding carboxylic acids is 1. The van der Waals surface area contributed by atoms with Gasteiger partial charge in [-0.15, -0.1) is 0 Å². The van der Waals surface area contributed by atoms with Crippen LogP contribution in [-0.4, -0.2) is 27.5 Å². The molecule has 0 fully saturated rings. The fourth-order valence-electron chi connectivity index (χ4n) is 1.97. The summed E-state index contributed by atoms with van der Waals surface area (Å²) in [6.45, 7) is 6.08. The van der Waals surface area contributed by atoms with E-state index in [1.807, 2.05) is 13.0 Å². The number of nitrogens with zero attached hydrogens (tertiary/aromatic N) is 2. The van der Waals surface area contributed by atoms with E-state index in [-0.39, 0.29) is 17.4 Å². The minimum Gasteiger partial charge on any atom is -0.465 e. The fourth-order valence-corrected chi connectivity index (χ4v) is 3.02. The van der Waals surface area contributed by atoms with Gasteiger partial charge in [0.25, 0.3) is 0 Å². The molecule has 0 atom stereocenters. The third kappa shape index (κ3) is 5.24. The van der Waals surface area contributed by atoms with Crippen molar-refractivity contribution in [1.29, 1.82) is 0 Å². The van der Waals surface area contributed by atoms with Gasteiger partial charge in [-0.25, -0.2) is 4.79 Å². The van der Waals surface area contributed by atoms with Crippen LogP contribution in [0.1, 0.15) is 32.4 Å². The summed E-state index contributed by atoms with van der Waals surface area (Å²) < 4.78 is 8.38. The maximum absolute atomic E-state index is 12.1. The first-order valence-electron chi connectivity index (χ1n) is 7.85. The van der Waals surface area contributed by atoms with E-state index in [1.165, 1.54) is 16.3 Å². The molecule has 0 aromatic carbocycles. The Balaban J connectivity index is 3.10. The van der Waals surface area contributed by atoms with Crippen LogP contribution >= 0.6 is 24.0 Å². The first-order valence-corrected chi connectivity index (χ1v) is 9.25. The molecule has 24 heavy (non-hydrogen) atoms. The second-order valence-electron chi connectivity index (χ2n) is 5.24. The molecule has 0 bridgehead atoms. The Bertz CT molecular complexity index is 735. The van der Waals surface area contributed by atoms with Gasteiger partial charge in [-0.2, -0.15) is 0 Å². The summed E-state index contributed by atoms with van der Waals surface area (Å²) in [4.78, 5) is 23.6. The Hall–Kier alpha value is -1.54. The summed E-state index contributed by atoms with van der Waals surface area (Å²) in [5, 5.41) is 4.12. The molecular weight excluding hydrogens is 346 g/mol. The number of rotatable bonds is 8. The number of thioether (sulfide) groups is 1. The molecule has 1 aromatic rings. The lowest BCUT2D eigenvalue weighted by molar-refractivity contribution is -0.139. The van der Waals surface area contributed by atoms with E-state index in [1.54, 1.807) is 25.6 Å². The minimum atomic E-state index is -0.256. The number of nitrogens with one attached hydrogen (secondary N) is 1. The van der Waals surface area contributed by atoms with Gasteiger partial charge in [0.1, 0.15) is 4.64 Å². The second-order valence-corrected chi connectivity index (χ2v) is 6.65. The van der Waals surface area contributed by atoms with Crippen molar-refractivity contribution in [3.05, 3.63) is 31.9 Å². The number of ether oxygens (including phenoxy) is 1. The zero-order valence-corrected chi connectivity index (χ0v) is 16.5. The van der Waals surface area contributed by atoms with E-state index in [2.05, 4.69) is 12.2 Å². The number of aromatic nitrogens is 2. The normalized spacial score (nSPS) is 11.5. The first kappa shape index (κ1) is 20.5. The van der Waals surface area contributed by atoms with Crippen molar-refractivity contribution in [2.45, 2.75) is 33.6 Å². The Labute approximate surface area is 151 Å². The molecule has 1 heterocycles. The lowest BCUT2D eigenvalue weighted by Crippen LogP contribution is -2.30. The molecule has 0 unspecified atom stereocenters. The van der Waals surface area contributed by atoms with Gasteiger partial charge < -0.3 is 10.1 Å². The molecule has 0 spiro atoms. The summed E-state index contributed by atoms with van der Waals surface area (Å²) >= 11 is 6.77. The molecule has 0 amide bonds. The van der Waals surface area contributed by atoms with Crippen LogP contribution in [0.25, 0.3) is 0 Å². The van der Waals surface area contributed by atoms with Crippen LogP contribution in [0.15, 0.2) is 15.9 Å². The topological polar surface area (TPSA) is 65.3 Å². The molecule has 0 saturated carbocycles. The predicted octanol–water partition coefficient (Wildman–Crippen LogP) is 3.11. The van der Waals surface area contributed by atoms with Gasteiger partial charge in [-0.05, 0) is 20.3 Å². The molecule has 1 rings (SSSR count). The van der Waals surface area contributed by atoms with Crippen molar-refractivity contribution in [1.82, 2.24) is 9.13 Å². The maximum atomic E-state index is 12.1. The highest BCUT2D eigenvalue weighted by Crippen LogP contribution is 2.23. The highest BCUT2D eigenvalue weighted by molar-refractivity contribution is 8.03. The van der Waals surface area contributed by atoms with E-state index in [0.29, 0.717) is 16.9 Å². The summed E-state index contributed by atoms with van der Waals surface area (Å²) in [5.41, 5.74) is 1.29. The first-order chi connectivity index (χ1) is 11.3. The molecule has 0 radical (unpaired) electrons. The Morgan fingerprint density at radius 2 is 2.00 bits per heavy atom. The summed E-state index contributed by atoms with van der Waals surface area (Å²) in [6.07, 6.45) is 3.90. The van der Waals surface area contributed by atoms with Crippen molar-refractivity contribution in [3.63, 3.8) is 0 Å². The van der Waals surface area contributed by atoms with E-state index in [9.17, 15) is 9.59 Å². The lowest BCUT2D eigenvalue weighted by atomic mass is 10.3. The molecule has 1 N–H and O–H groups in total. The van der Waals surface area contributed by atoms with E-state index < -0.39 is 0 Å². The van der Waals surface area contributed by atoms with E-state index in [0.717, 1.165) is 23.6 Å². The van der Waals surface area contributed by atoms with Crippen molar-refractivity contribution >= 4 is 35.6 Å². The highest BCUT2D eigenvalue weighted by atomic mass is 32.2. The Morgan fingerprint density at radius 1 is 1.33 bits per heavy atom. The van der Waals surface area contributed by atoms with Gasteiger partial charge in [0.05, 0.1) is 23.1 Å². The largest absolute Gasteiger partial charge is 0.465 e. The SMILES string of the molecule is CCC/C=C(/Nc1c(C)n(C)c(=O)n(C)c1=S)SCC(=O)OCC. The van der Waals surface area contributed by atoms with Crippen LogP contribution in [0.3, 0.4) is 0 Å². The molecule has 0 aliphatic rings. The molecule has 0 aliphatic heterocycles. The standard InChI is InChI=1S/C16H25N3O3S2/c1-6-8-9-12(24-10-13(20)22-7-2)17-14-11(3)18(4)16(21)19(5)15(14)23/h9,17H,6-8,10H2,1-5H3/b12-9-. The van der Waals surface area contributed by atoms with Crippen LogP contribution in [0.2, 0.25) is 0 Å². The molecular formula is C16H25N3O3S2. The smallest absolute Gasteiger partial charge is 0.328 e. The predicted molar refractivity (Wildman–Crippen MR) is 102 cm³/mol. The van der Waals surface area contributed by atoms with Crippen molar-refractivity contribution in [2.24, 2.45) is 14.1 Å².